The number of hydrogen-bond donors (Lipinski definition) is 1. The minimum Gasteiger partial charge on any atom is -0.379 e. The fraction of sp³-hybridized carbons (Fsp3) is 0.348. The Bertz CT molecular complexity index is 1150. The van der Waals surface area contributed by atoms with Gasteiger partial charge in [-0.15, -0.1) is 0 Å². The van der Waals surface area contributed by atoms with Crippen LogP contribution >= 0.6 is 0 Å². The molecule has 33 heavy (non-hydrogen) atoms. The van der Waals surface area contributed by atoms with Gasteiger partial charge in [0.25, 0.3) is 11.8 Å². The van der Waals surface area contributed by atoms with Crippen LogP contribution in [0, 0.1) is 5.92 Å². The number of ether oxygens (including phenoxy) is 1. The number of rotatable bonds is 6. The standard InChI is InChI=1S/C23H25N3O6S/c1-15(2)20(26-22(28)18-5-3-4-6-19(18)23(26)29)21(27)24-16-7-9-17(10-8-16)33(30,31)25-11-13-32-14-12-25/h3-10,15,20H,11-14H2,1-2H3,(H,24,27). The van der Waals surface area contributed by atoms with Gasteiger partial charge in [0.05, 0.1) is 29.2 Å². The molecule has 174 valence electrons. The summed E-state index contributed by atoms with van der Waals surface area (Å²) in [5, 5.41) is 2.71. The number of sulfonamides is 1. The molecule has 1 atom stereocenters. The number of benzene rings is 2. The summed E-state index contributed by atoms with van der Waals surface area (Å²) in [6.45, 7) is 4.79. The molecule has 2 aliphatic heterocycles. The van der Waals surface area contributed by atoms with Gasteiger partial charge in [0, 0.05) is 18.8 Å². The minimum atomic E-state index is -3.65. The highest BCUT2D eigenvalue weighted by atomic mass is 32.2. The van der Waals surface area contributed by atoms with Crippen LogP contribution in [-0.4, -0.2) is 67.7 Å². The van der Waals surface area contributed by atoms with Crippen LogP contribution in [-0.2, 0) is 19.6 Å². The maximum absolute atomic E-state index is 13.1. The smallest absolute Gasteiger partial charge is 0.262 e. The number of carbonyl (C=O) groups excluding carboxylic acids is 3. The molecule has 0 spiro atoms. The molecule has 1 saturated heterocycles. The second kappa shape index (κ2) is 9.05. The second-order valence-electron chi connectivity index (χ2n) is 8.24. The molecule has 0 aliphatic carbocycles. The molecule has 9 nitrogen and oxygen atoms in total. The summed E-state index contributed by atoms with van der Waals surface area (Å²) in [5.41, 5.74) is 0.917. The van der Waals surface area contributed by atoms with Crippen molar-refractivity contribution in [3.8, 4) is 0 Å². The normalized spacial score (nSPS) is 17.8. The van der Waals surface area contributed by atoms with E-state index in [0.717, 1.165) is 4.90 Å². The number of nitrogens with one attached hydrogen (secondary N) is 1. The molecule has 1 fully saturated rings. The monoisotopic (exact) mass is 471 g/mol. The van der Waals surface area contributed by atoms with E-state index < -0.39 is 33.8 Å². The summed E-state index contributed by atoms with van der Waals surface area (Å²) in [6, 6.07) is 11.3. The zero-order chi connectivity index (χ0) is 23.8. The van der Waals surface area contributed by atoms with Crippen molar-refractivity contribution in [1.29, 1.82) is 0 Å². The van der Waals surface area contributed by atoms with Crippen molar-refractivity contribution >= 4 is 33.4 Å². The van der Waals surface area contributed by atoms with Gasteiger partial charge in [-0.2, -0.15) is 4.31 Å². The van der Waals surface area contributed by atoms with Crippen molar-refractivity contribution in [1.82, 2.24) is 9.21 Å². The van der Waals surface area contributed by atoms with Crippen LogP contribution in [0.4, 0.5) is 5.69 Å². The summed E-state index contributed by atoms with van der Waals surface area (Å²) in [7, 11) is -3.65. The Hall–Kier alpha value is -3.08. The van der Waals surface area contributed by atoms with Crippen molar-refractivity contribution in [3.05, 3.63) is 59.7 Å². The molecule has 3 amide bonds. The van der Waals surface area contributed by atoms with E-state index >= 15 is 0 Å². The lowest BCUT2D eigenvalue weighted by molar-refractivity contribution is -0.121. The van der Waals surface area contributed by atoms with E-state index in [-0.39, 0.29) is 35.0 Å². The van der Waals surface area contributed by atoms with Crippen molar-refractivity contribution in [2.75, 3.05) is 31.6 Å². The molecule has 2 aromatic carbocycles. The Balaban J connectivity index is 1.52. The largest absolute Gasteiger partial charge is 0.379 e. The molecule has 2 aromatic rings. The number of carbonyl (C=O) groups is 3. The van der Waals surface area contributed by atoms with Crippen LogP contribution in [0.2, 0.25) is 0 Å². The highest BCUT2D eigenvalue weighted by molar-refractivity contribution is 7.89. The van der Waals surface area contributed by atoms with Crippen LogP contribution in [0.5, 0.6) is 0 Å². The summed E-state index contributed by atoms with van der Waals surface area (Å²) < 4.78 is 32.1. The molecule has 10 heteroatoms. The third kappa shape index (κ3) is 4.29. The Labute approximate surface area is 192 Å². The Kier molecular flexibility index (Phi) is 6.33. The number of fused-ring (bicyclic) bond motifs is 1. The zero-order valence-corrected chi connectivity index (χ0v) is 19.2. The van der Waals surface area contributed by atoms with Crippen LogP contribution in [0.3, 0.4) is 0 Å². The van der Waals surface area contributed by atoms with Crippen LogP contribution < -0.4 is 5.32 Å². The molecule has 0 radical (unpaired) electrons. The Morgan fingerprint density at radius 3 is 2.00 bits per heavy atom. The average molecular weight is 472 g/mol. The lowest BCUT2D eigenvalue weighted by Gasteiger charge is -2.28. The lowest BCUT2D eigenvalue weighted by atomic mass is 10.0. The SMILES string of the molecule is CC(C)C(C(=O)Nc1ccc(S(=O)(=O)N2CCOCC2)cc1)N1C(=O)c2ccccc2C1=O. The van der Waals surface area contributed by atoms with Gasteiger partial charge in [0.2, 0.25) is 15.9 Å². The van der Waals surface area contributed by atoms with Gasteiger partial charge in [0.1, 0.15) is 6.04 Å². The molecule has 1 N–H and O–H groups in total. The number of anilines is 1. The van der Waals surface area contributed by atoms with E-state index in [1.165, 1.54) is 28.6 Å². The van der Waals surface area contributed by atoms with Gasteiger partial charge >= 0.3 is 0 Å². The fourth-order valence-corrected chi connectivity index (χ4v) is 5.45. The first-order valence-corrected chi connectivity index (χ1v) is 12.1. The molecular formula is C23H25N3O6S. The van der Waals surface area contributed by atoms with Gasteiger partial charge in [-0.3, -0.25) is 19.3 Å². The van der Waals surface area contributed by atoms with Crippen LogP contribution in [0.15, 0.2) is 53.4 Å². The zero-order valence-electron chi connectivity index (χ0n) is 18.4. The summed E-state index contributed by atoms with van der Waals surface area (Å²) >= 11 is 0. The highest BCUT2D eigenvalue weighted by Crippen LogP contribution is 2.28. The van der Waals surface area contributed by atoms with Crippen molar-refractivity contribution < 1.29 is 27.5 Å². The van der Waals surface area contributed by atoms with Crippen molar-refractivity contribution in [2.24, 2.45) is 5.92 Å². The number of nitrogens with zero attached hydrogens (tertiary/aromatic N) is 2. The summed E-state index contributed by atoms with van der Waals surface area (Å²) in [6.07, 6.45) is 0. The molecule has 0 aromatic heterocycles. The van der Waals surface area contributed by atoms with E-state index in [2.05, 4.69) is 5.32 Å². The third-order valence-corrected chi connectivity index (χ3v) is 7.65. The van der Waals surface area contributed by atoms with Gasteiger partial charge in [0.15, 0.2) is 0 Å². The second-order valence-corrected chi connectivity index (χ2v) is 10.2. The van der Waals surface area contributed by atoms with E-state index in [1.807, 2.05) is 0 Å². The highest BCUT2D eigenvalue weighted by Gasteiger charge is 2.43. The molecule has 2 heterocycles. The van der Waals surface area contributed by atoms with Crippen molar-refractivity contribution in [2.45, 2.75) is 24.8 Å². The number of amides is 3. The Morgan fingerprint density at radius 2 is 1.48 bits per heavy atom. The first kappa shape index (κ1) is 23.1. The number of hydrogen-bond acceptors (Lipinski definition) is 6. The van der Waals surface area contributed by atoms with E-state index in [9.17, 15) is 22.8 Å². The minimum absolute atomic E-state index is 0.114. The topological polar surface area (TPSA) is 113 Å². The molecule has 0 bridgehead atoms. The number of morpholine rings is 1. The molecular weight excluding hydrogens is 446 g/mol. The van der Waals surface area contributed by atoms with Crippen LogP contribution in [0.25, 0.3) is 0 Å². The lowest BCUT2D eigenvalue weighted by Crippen LogP contribution is -2.50. The first-order valence-electron chi connectivity index (χ1n) is 10.7. The molecule has 2 aliphatic rings. The third-order valence-electron chi connectivity index (χ3n) is 5.73. The molecule has 4 rings (SSSR count). The van der Waals surface area contributed by atoms with Crippen molar-refractivity contribution in [3.63, 3.8) is 0 Å². The quantitative estimate of drug-likeness (QED) is 0.645. The molecule has 0 saturated carbocycles. The maximum Gasteiger partial charge on any atom is 0.262 e. The van der Waals surface area contributed by atoms with E-state index in [0.29, 0.717) is 18.9 Å². The van der Waals surface area contributed by atoms with E-state index in [4.69, 9.17) is 4.74 Å². The molecule has 1 unspecified atom stereocenters. The summed E-state index contributed by atoms with van der Waals surface area (Å²) in [5.74, 6) is -1.87. The summed E-state index contributed by atoms with van der Waals surface area (Å²) in [4.78, 5) is 40.0. The fourth-order valence-electron chi connectivity index (χ4n) is 4.04. The average Bonchev–Trinajstić information content (AvgIpc) is 3.05. The maximum atomic E-state index is 13.1. The van der Waals surface area contributed by atoms with Crippen LogP contribution in [0.1, 0.15) is 34.6 Å². The predicted molar refractivity (Wildman–Crippen MR) is 120 cm³/mol. The predicted octanol–water partition coefficient (Wildman–Crippen LogP) is 1.97. The van der Waals surface area contributed by atoms with Gasteiger partial charge in [-0.1, -0.05) is 26.0 Å². The Morgan fingerprint density at radius 1 is 0.939 bits per heavy atom. The van der Waals surface area contributed by atoms with E-state index in [1.54, 1.807) is 38.1 Å². The van der Waals surface area contributed by atoms with Gasteiger partial charge in [-0.25, -0.2) is 8.42 Å². The van der Waals surface area contributed by atoms with Gasteiger partial charge in [-0.05, 0) is 42.3 Å². The first-order chi connectivity index (χ1) is 15.7. The van der Waals surface area contributed by atoms with Gasteiger partial charge < -0.3 is 10.1 Å². The number of imide groups is 1.